The maximum atomic E-state index is 12.6. The van der Waals surface area contributed by atoms with E-state index in [4.69, 9.17) is 4.18 Å². The van der Waals surface area contributed by atoms with Gasteiger partial charge in [-0.2, -0.15) is 8.42 Å². The van der Waals surface area contributed by atoms with Crippen molar-refractivity contribution >= 4 is 37.8 Å². The molecule has 2 aromatic heterocycles. The summed E-state index contributed by atoms with van der Waals surface area (Å²) in [6.07, 6.45) is 2.25. The van der Waals surface area contributed by atoms with Crippen LogP contribution < -0.4 is 10.9 Å². The van der Waals surface area contributed by atoms with Crippen LogP contribution in [-0.2, 0) is 14.3 Å². The van der Waals surface area contributed by atoms with Crippen LogP contribution in [0.4, 0.5) is 0 Å². The minimum absolute atomic E-state index is 0.193. The van der Waals surface area contributed by atoms with Gasteiger partial charge in [0.15, 0.2) is 0 Å². The third-order valence-electron chi connectivity index (χ3n) is 4.05. The molecule has 2 heterocycles. The van der Waals surface area contributed by atoms with Crippen molar-refractivity contribution < 1.29 is 17.4 Å². The van der Waals surface area contributed by atoms with Crippen LogP contribution in [0.1, 0.15) is 22.8 Å². The van der Waals surface area contributed by atoms with Gasteiger partial charge in [-0.15, -0.1) is 0 Å². The number of amides is 1. The fourth-order valence-electron chi connectivity index (χ4n) is 2.75. The molecule has 0 radical (unpaired) electrons. The van der Waals surface area contributed by atoms with Gasteiger partial charge < -0.3 is 10.3 Å². The maximum Gasteiger partial charge on any atom is 0.264 e. The highest BCUT2D eigenvalue weighted by Crippen LogP contribution is 2.22. The molecule has 0 saturated heterocycles. The van der Waals surface area contributed by atoms with E-state index >= 15 is 0 Å². The summed E-state index contributed by atoms with van der Waals surface area (Å²) in [6, 6.07) is 6.77. The minimum atomic E-state index is -3.60. The molecule has 1 amide bonds. The van der Waals surface area contributed by atoms with Crippen molar-refractivity contribution in [3.8, 4) is 0 Å². The minimum Gasteiger partial charge on any atom is -0.347 e. The van der Waals surface area contributed by atoms with E-state index in [0.717, 1.165) is 17.2 Å². The number of H-pyrrole nitrogens is 1. The number of aromatic amines is 1. The van der Waals surface area contributed by atoms with Crippen molar-refractivity contribution in [1.82, 2.24) is 15.3 Å². The highest BCUT2D eigenvalue weighted by molar-refractivity contribution is 7.85. The molecule has 0 aliphatic carbocycles. The van der Waals surface area contributed by atoms with Crippen LogP contribution in [0, 0.1) is 6.92 Å². The van der Waals surface area contributed by atoms with E-state index in [9.17, 15) is 18.0 Å². The molecule has 0 fully saturated rings. The van der Waals surface area contributed by atoms with Gasteiger partial charge in [-0.1, -0.05) is 18.2 Å². The van der Waals surface area contributed by atoms with Gasteiger partial charge >= 0.3 is 0 Å². The summed E-state index contributed by atoms with van der Waals surface area (Å²) < 4.78 is 26.8. The maximum absolute atomic E-state index is 12.6. The Hall–Kier alpha value is -2.78. The molecule has 2 N–H and O–H groups in total. The molecule has 27 heavy (non-hydrogen) atoms. The van der Waals surface area contributed by atoms with Gasteiger partial charge in [0.25, 0.3) is 21.6 Å². The number of hydrogen-bond acceptors (Lipinski definition) is 6. The van der Waals surface area contributed by atoms with Crippen LogP contribution in [0.25, 0.3) is 21.8 Å². The number of nitrogens with zero attached hydrogens (tertiary/aromatic N) is 1. The van der Waals surface area contributed by atoms with E-state index in [1.165, 1.54) is 6.20 Å². The molecule has 142 valence electrons. The first-order valence-corrected chi connectivity index (χ1v) is 10.0. The highest BCUT2D eigenvalue weighted by atomic mass is 32.2. The standard InChI is InChI=1S/C18H19N3O5S/c1-10-5-4-6-12-7-13-16(21-15(10)12)14(8-19-17(13)22)18(23)20-11(2)9-26-27(3,24)25/h4-8,11H,9H2,1-3H3,(H,19,22)(H,20,23). The average molecular weight is 389 g/mol. The Morgan fingerprint density at radius 2 is 2.07 bits per heavy atom. The molecule has 1 unspecified atom stereocenters. The smallest absolute Gasteiger partial charge is 0.264 e. The monoisotopic (exact) mass is 389 g/mol. The summed E-state index contributed by atoms with van der Waals surface area (Å²) in [7, 11) is -3.60. The van der Waals surface area contributed by atoms with Crippen molar-refractivity contribution in [3.05, 3.63) is 51.9 Å². The van der Waals surface area contributed by atoms with E-state index in [1.54, 1.807) is 13.0 Å². The average Bonchev–Trinajstić information content (AvgIpc) is 2.59. The molecule has 3 aromatic rings. The molecule has 0 aliphatic rings. The van der Waals surface area contributed by atoms with Crippen molar-refractivity contribution in [2.24, 2.45) is 0 Å². The number of aromatic nitrogens is 2. The van der Waals surface area contributed by atoms with Crippen molar-refractivity contribution in [2.45, 2.75) is 19.9 Å². The molecule has 8 nitrogen and oxygen atoms in total. The first-order valence-electron chi connectivity index (χ1n) is 8.23. The zero-order valence-electron chi connectivity index (χ0n) is 15.1. The van der Waals surface area contributed by atoms with E-state index in [0.29, 0.717) is 10.9 Å². The van der Waals surface area contributed by atoms with Gasteiger partial charge in [0.05, 0.1) is 40.9 Å². The lowest BCUT2D eigenvalue weighted by Gasteiger charge is -2.14. The molecule has 0 saturated carbocycles. The fourth-order valence-corrected chi connectivity index (χ4v) is 3.20. The number of nitrogens with one attached hydrogen (secondary N) is 2. The Morgan fingerprint density at radius 3 is 2.78 bits per heavy atom. The lowest BCUT2D eigenvalue weighted by Crippen LogP contribution is -2.37. The van der Waals surface area contributed by atoms with Crippen LogP contribution >= 0.6 is 0 Å². The first kappa shape index (κ1) is 19.0. The number of benzene rings is 1. The van der Waals surface area contributed by atoms with Gasteiger partial charge in [0, 0.05) is 11.6 Å². The second kappa shape index (κ2) is 7.09. The zero-order valence-corrected chi connectivity index (χ0v) is 15.9. The van der Waals surface area contributed by atoms with Gasteiger partial charge in [-0.25, -0.2) is 4.98 Å². The van der Waals surface area contributed by atoms with Crippen LogP contribution in [0.5, 0.6) is 0 Å². The van der Waals surface area contributed by atoms with Crippen molar-refractivity contribution in [3.63, 3.8) is 0 Å². The van der Waals surface area contributed by atoms with E-state index in [2.05, 4.69) is 15.3 Å². The van der Waals surface area contributed by atoms with Crippen molar-refractivity contribution in [2.75, 3.05) is 12.9 Å². The summed E-state index contributed by atoms with van der Waals surface area (Å²) in [6.45, 7) is 3.32. The quantitative estimate of drug-likeness (QED) is 0.504. The number of pyridine rings is 2. The number of carbonyl (C=O) groups excluding carboxylic acids is 1. The lowest BCUT2D eigenvalue weighted by atomic mass is 10.1. The van der Waals surface area contributed by atoms with E-state index in [-0.39, 0.29) is 23.2 Å². The Morgan fingerprint density at radius 1 is 1.33 bits per heavy atom. The molecule has 0 aliphatic heterocycles. The molecule has 1 atom stereocenters. The second-order valence-corrected chi connectivity index (χ2v) is 8.07. The third kappa shape index (κ3) is 4.15. The SMILES string of the molecule is Cc1cccc2cc3c(=O)[nH]cc(C(=O)NC(C)COS(C)(=O)=O)c3nc12. The van der Waals surface area contributed by atoms with E-state index in [1.807, 2.05) is 25.1 Å². The number of hydrogen-bond donors (Lipinski definition) is 2. The Kier molecular flexibility index (Phi) is 4.99. The van der Waals surface area contributed by atoms with Crippen LogP contribution in [0.3, 0.4) is 0 Å². The molecule has 9 heteroatoms. The van der Waals surface area contributed by atoms with Crippen LogP contribution in [0.2, 0.25) is 0 Å². The topological polar surface area (TPSA) is 118 Å². The van der Waals surface area contributed by atoms with Gasteiger partial charge in [-0.05, 0) is 25.5 Å². The molecule has 1 aromatic carbocycles. The summed E-state index contributed by atoms with van der Waals surface area (Å²) in [5, 5.41) is 3.76. The normalized spacial score (nSPS) is 13.0. The number of aryl methyl sites for hydroxylation is 1. The number of fused-ring (bicyclic) bond motifs is 2. The Labute approximate surface area is 155 Å². The zero-order chi connectivity index (χ0) is 19.8. The summed E-state index contributed by atoms with van der Waals surface area (Å²) >= 11 is 0. The summed E-state index contributed by atoms with van der Waals surface area (Å²) in [5.74, 6) is -0.485. The number of para-hydroxylation sites is 1. The van der Waals surface area contributed by atoms with Gasteiger partial charge in [0.1, 0.15) is 0 Å². The second-order valence-electron chi connectivity index (χ2n) is 6.43. The van der Waals surface area contributed by atoms with Gasteiger partial charge in [-0.3, -0.25) is 13.8 Å². The highest BCUT2D eigenvalue weighted by Gasteiger charge is 2.17. The summed E-state index contributed by atoms with van der Waals surface area (Å²) in [4.78, 5) is 31.9. The van der Waals surface area contributed by atoms with Crippen LogP contribution in [-0.4, -0.2) is 43.2 Å². The third-order valence-corrected chi connectivity index (χ3v) is 4.61. The fraction of sp³-hybridized carbons (Fsp3) is 0.278. The molecule has 0 bridgehead atoms. The summed E-state index contributed by atoms with van der Waals surface area (Å²) in [5.41, 5.74) is 1.77. The Balaban J connectivity index is 2.01. The predicted octanol–water partition coefficient (Wildman–Crippen LogP) is 1.48. The van der Waals surface area contributed by atoms with Crippen molar-refractivity contribution in [1.29, 1.82) is 0 Å². The van der Waals surface area contributed by atoms with Gasteiger partial charge in [0.2, 0.25) is 0 Å². The first-order chi connectivity index (χ1) is 12.7. The molecule has 3 rings (SSSR count). The Bertz CT molecular complexity index is 1200. The van der Waals surface area contributed by atoms with E-state index < -0.39 is 22.1 Å². The number of rotatable bonds is 5. The predicted molar refractivity (Wildman–Crippen MR) is 102 cm³/mol. The molecule has 0 spiro atoms. The number of carbonyl (C=O) groups is 1. The largest absolute Gasteiger partial charge is 0.347 e. The lowest BCUT2D eigenvalue weighted by molar-refractivity contribution is 0.0928. The van der Waals surface area contributed by atoms with Crippen LogP contribution in [0.15, 0.2) is 35.3 Å². The molecular weight excluding hydrogens is 370 g/mol. The molecular formula is C18H19N3O5S.